The van der Waals surface area contributed by atoms with E-state index in [-0.39, 0.29) is 11.5 Å². The molecule has 2 saturated heterocycles. The lowest BCUT2D eigenvalue weighted by molar-refractivity contribution is -0.127. The van der Waals surface area contributed by atoms with Gasteiger partial charge in [-0.15, -0.1) is 0 Å². The number of aliphatic hydroxyl groups excluding tert-OH is 1. The molecule has 140 valence electrons. The number of benzene rings is 1. The highest BCUT2D eigenvalue weighted by molar-refractivity contribution is 5.24. The zero-order valence-corrected chi connectivity index (χ0v) is 14.7. The monoisotopic (exact) mass is 356 g/mol. The lowest BCUT2D eigenvalue weighted by Crippen LogP contribution is -2.52. The van der Waals surface area contributed by atoms with E-state index in [0.29, 0.717) is 12.1 Å². The van der Waals surface area contributed by atoms with E-state index in [0.717, 1.165) is 51.0 Å². The molecular weight excluding hydrogens is 329 g/mol. The predicted molar refractivity (Wildman–Crippen MR) is 91.3 cm³/mol. The molecule has 1 aromatic rings. The molecule has 6 heteroatoms. The normalized spacial score (nSPS) is 25.4. The summed E-state index contributed by atoms with van der Waals surface area (Å²) in [5.74, 6) is 0. The summed E-state index contributed by atoms with van der Waals surface area (Å²) in [7, 11) is 2.06. The van der Waals surface area contributed by atoms with Crippen molar-refractivity contribution in [3.63, 3.8) is 0 Å². The third-order valence-electron chi connectivity index (χ3n) is 5.52. The molecule has 2 fully saturated rings. The highest BCUT2D eigenvalue weighted by Crippen LogP contribution is 2.39. The van der Waals surface area contributed by atoms with E-state index in [9.17, 15) is 18.3 Å². The van der Waals surface area contributed by atoms with E-state index < -0.39 is 12.6 Å². The summed E-state index contributed by atoms with van der Waals surface area (Å²) >= 11 is 0. The standard InChI is InChI=1S/C19H27F3N2O/c1-23-13-17(25)11-18(14-23)5-7-24(8-6-18)12-16-4-2-3-15(9-16)10-19(20,21)22/h2-4,9,17,25H,5-8,10-14H2,1H3. The predicted octanol–water partition coefficient (Wildman–Crippen LogP) is 3.07. The number of alkyl halides is 3. The summed E-state index contributed by atoms with van der Waals surface area (Å²) in [4.78, 5) is 4.53. The lowest BCUT2D eigenvalue weighted by Gasteiger charge is -2.48. The molecule has 0 radical (unpaired) electrons. The number of hydrogen-bond acceptors (Lipinski definition) is 3. The van der Waals surface area contributed by atoms with E-state index in [1.54, 1.807) is 18.2 Å². The van der Waals surface area contributed by atoms with Gasteiger partial charge >= 0.3 is 6.18 Å². The van der Waals surface area contributed by atoms with Crippen molar-refractivity contribution in [2.45, 2.75) is 44.5 Å². The van der Waals surface area contributed by atoms with Crippen LogP contribution in [0.15, 0.2) is 24.3 Å². The Labute approximate surface area is 147 Å². The zero-order chi connectivity index (χ0) is 18.1. The zero-order valence-electron chi connectivity index (χ0n) is 14.7. The number of halogens is 3. The number of piperidine rings is 2. The second-order valence-corrected chi connectivity index (χ2v) is 7.94. The maximum atomic E-state index is 12.6. The summed E-state index contributed by atoms with van der Waals surface area (Å²) in [5.41, 5.74) is 1.47. The Balaban J connectivity index is 1.56. The Morgan fingerprint density at radius 2 is 1.88 bits per heavy atom. The first kappa shape index (κ1) is 18.7. The minimum Gasteiger partial charge on any atom is -0.392 e. The van der Waals surface area contributed by atoms with Crippen molar-refractivity contribution >= 4 is 0 Å². The number of rotatable bonds is 3. The van der Waals surface area contributed by atoms with Gasteiger partial charge in [-0.1, -0.05) is 24.3 Å². The van der Waals surface area contributed by atoms with Crippen molar-refractivity contribution in [3.8, 4) is 0 Å². The van der Waals surface area contributed by atoms with Crippen LogP contribution in [0, 0.1) is 5.41 Å². The van der Waals surface area contributed by atoms with Crippen molar-refractivity contribution in [2.24, 2.45) is 5.41 Å². The Bertz CT molecular complexity index is 570. The van der Waals surface area contributed by atoms with Gasteiger partial charge in [-0.2, -0.15) is 13.2 Å². The van der Waals surface area contributed by atoms with Crippen LogP contribution >= 0.6 is 0 Å². The molecule has 1 unspecified atom stereocenters. The molecule has 2 heterocycles. The van der Waals surface area contributed by atoms with E-state index in [4.69, 9.17) is 0 Å². The van der Waals surface area contributed by atoms with E-state index in [1.165, 1.54) is 0 Å². The van der Waals surface area contributed by atoms with Gasteiger partial charge in [0.25, 0.3) is 0 Å². The molecule has 1 atom stereocenters. The number of β-amino-alcohol motifs (C(OH)–C–C–N with tert-alkyl or cyclic N) is 1. The van der Waals surface area contributed by atoms with Crippen LogP contribution in [-0.4, -0.2) is 60.4 Å². The lowest BCUT2D eigenvalue weighted by atomic mass is 9.71. The van der Waals surface area contributed by atoms with Gasteiger partial charge < -0.3 is 10.0 Å². The molecule has 0 amide bonds. The van der Waals surface area contributed by atoms with Crippen molar-refractivity contribution in [1.29, 1.82) is 0 Å². The third kappa shape index (κ3) is 5.19. The fourth-order valence-electron chi connectivity index (χ4n) is 4.50. The minimum absolute atomic E-state index is 0.195. The molecule has 2 aliphatic rings. The minimum atomic E-state index is -4.16. The molecule has 0 saturated carbocycles. The first-order valence-corrected chi connectivity index (χ1v) is 8.97. The van der Waals surface area contributed by atoms with Crippen molar-refractivity contribution in [2.75, 3.05) is 33.2 Å². The van der Waals surface area contributed by atoms with Crippen LogP contribution in [0.1, 0.15) is 30.4 Å². The first-order chi connectivity index (χ1) is 11.7. The molecule has 25 heavy (non-hydrogen) atoms. The second kappa shape index (κ2) is 7.25. The van der Waals surface area contributed by atoms with Gasteiger partial charge in [0.15, 0.2) is 0 Å². The highest BCUT2D eigenvalue weighted by Gasteiger charge is 2.40. The van der Waals surface area contributed by atoms with Crippen molar-refractivity contribution < 1.29 is 18.3 Å². The van der Waals surface area contributed by atoms with Gasteiger partial charge in [0.2, 0.25) is 0 Å². The largest absolute Gasteiger partial charge is 0.393 e. The van der Waals surface area contributed by atoms with Crippen molar-refractivity contribution in [3.05, 3.63) is 35.4 Å². The van der Waals surface area contributed by atoms with Gasteiger partial charge in [-0.05, 0) is 55.9 Å². The summed E-state index contributed by atoms with van der Waals surface area (Å²) in [5, 5.41) is 10.1. The Morgan fingerprint density at radius 3 is 2.52 bits per heavy atom. The fraction of sp³-hybridized carbons (Fsp3) is 0.684. The molecular formula is C19H27F3N2O. The molecule has 2 aliphatic heterocycles. The molecule has 1 N–H and O–H groups in total. The number of likely N-dealkylation sites (tertiary alicyclic amines) is 2. The van der Waals surface area contributed by atoms with Crippen LogP contribution < -0.4 is 0 Å². The molecule has 1 aromatic carbocycles. The maximum Gasteiger partial charge on any atom is 0.393 e. The van der Waals surface area contributed by atoms with Gasteiger partial charge in [-0.25, -0.2) is 0 Å². The number of nitrogens with zero attached hydrogens (tertiary/aromatic N) is 2. The van der Waals surface area contributed by atoms with Gasteiger partial charge in [0.1, 0.15) is 0 Å². The average molecular weight is 356 g/mol. The number of aliphatic hydroxyl groups is 1. The molecule has 3 rings (SSSR count). The summed E-state index contributed by atoms with van der Waals surface area (Å²) < 4.78 is 37.7. The van der Waals surface area contributed by atoms with Gasteiger partial charge in [0.05, 0.1) is 12.5 Å². The SMILES string of the molecule is CN1CC(O)CC2(CCN(Cc3cccc(CC(F)(F)F)c3)CC2)C1. The highest BCUT2D eigenvalue weighted by atomic mass is 19.4. The third-order valence-corrected chi connectivity index (χ3v) is 5.52. The van der Waals surface area contributed by atoms with Crippen LogP contribution in [0.3, 0.4) is 0 Å². The van der Waals surface area contributed by atoms with Gasteiger partial charge in [-0.3, -0.25) is 4.90 Å². The van der Waals surface area contributed by atoms with Crippen LogP contribution in [0.5, 0.6) is 0 Å². The Hall–Kier alpha value is -1.11. The fourth-order valence-corrected chi connectivity index (χ4v) is 4.50. The van der Waals surface area contributed by atoms with Crippen LogP contribution in [-0.2, 0) is 13.0 Å². The quantitative estimate of drug-likeness (QED) is 0.902. The van der Waals surface area contributed by atoms with Crippen molar-refractivity contribution in [1.82, 2.24) is 9.80 Å². The van der Waals surface area contributed by atoms with Gasteiger partial charge in [0, 0.05) is 19.6 Å². The average Bonchev–Trinajstić information content (AvgIpc) is 2.47. The van der Waals surface area contributed by atoms with E-state index in [2.05, 4.69) is 16.8 Å². The van der Waals surface area contributed by atoms with Crippen LogP contribution in [0.2, 0.25) is 0 Å². The summed E-state index contributed by atoms with van der Waals surface area (Å²) in [6, 6.07) is 6.84. The Morgan fingerprint density at radius 1 is 1.20 bits per heavy atom. The molecule has 0 aliphatic carbocycles. The smallest absolute Gasteiger partial charge is 0.392 e. The summed E-state index contributed by atoms with van der Waals surface area (Å²) in [6.07, 6.45) is -2.33. The Kier molecular flexibility index (Phi) is 5.42. The topological polar surface area (TPSA) is 26.7 Å². The first-order valence-electron chi connectivity index (χ1n) is 8.97. The second-order valence-electron chi connectivity index (χ2n) is 7.94. The van der Waals surface area contributed by atoms with Crippen LogP contribution in [0.4, 0.5) is 13.2 Å². The van der Waals surface area contributed by atoms with E-state index in [1.807, 2.05) is 6.07 Å². The maximum absolute atomic E-state index is 12.6. The molecule has 1 spiro atoms. The number of hydrogen-bond donors (Lipinski definition) is 1. The molecule has 0 aromatic heterocycles. The van der Waals surface area contributed by atoms with E-state index >= 15 is 0 Å². The number of likely N-dealkylation sites (N-methyl/N-ethyl adjacent to an activating group) is 1. The van der Waals surface area contributed by atoms with Crippen LogP contribution in [0.25, 0.3) is 0 Å². The summed E-state index contributed by atoms with van der Waals surface area (Å²) in [6.45, 7) is 4.34. The molecule has 3 nitrogen and oxygen atoms in total. The molecule has 0 bridgehead atoms.